The highest BCUT2D eigenvalue weighted by atomic mass is 32.1. The number of carboxylic acid groups (broad SMARTS) is 1. The molecule has 0 unspecified atom stereocenters. The maximum atomic E-state index is 10.8. The summed E-state index contributed by atoms with van der Waals surface area (Å²) in [6.07, 6.45) is 1.46. The second-order valence-corrected chi connectivity index (χ2v) is 5.41. The summed E-state index contributed by atoms with van der Waals surface area (Å²) in [4.78, 5) is 12.1. The van der Waals surface area contributed by atoms with E-state index in [4.69, 9.17) is 9.84 Å². The van der Waals surface area contributed by atoms with Gasteiger partial charge < -0.3 is 9.84 Å². The van der Waals surface area contributed by atoms with Gasteiger partial charge in [-0.15, -0.1) is 11.3 Å². The first-order valence-electron chi connectivity index (χ1n) is 5.36. The summed E-state index contributed by atoms with van der Waals surface area (Å²) in [6.45, 7) is 4.61. The van der Waals surface area contributed by atoms with E-state index >= 15 is 0 Å². The monoisotopic (exact) mass is 242 g/mol. The van der Waals surface area contributed by atoms with Gasteiger partial charge >= 0.3 is 5.97 Å². The van der Waals surface area contributed by atoms with E-state index in [0.29, 0.717) is 19.6 Å². The average molecular weight is 242 g/mol. The van der Waals surface area contributed by atoms with Gasteiger partial charge in [0, 0.05) is 17.9 Å². The van der Waals surface area contributed by atoms with E-state index in [0.717, 1.165) is 6.42 Å². The zero-order chi connectivity index (χ0) is 12.0. The minimum absolute atomic E-state index is 0.505. The van der Waals surface area contributed by atoms with Gasteiger partial charge in [-0.1, -0.05) is 6.07 Å². The van der Waals surface area contributed by atoms with E-state index in [9.17, 15) is 4.79 Å². The molecule has 0 radical (unpaired) electrons. The molecule has 3 nitrogen and oxygen atoms in total. The summed E-state index contributed by atoms with van der Waals surface area (Å²) in [5.74, 6) is -0.769. The highest BCUT2D eigenvalue weighted by molar-refractivity contribution is 7.09. The number of ether oxygens (including phenoxy) is 1. The Bertz CT molecular complexity index is 317. The third kappa shape index (κ3) is 4.33. The standard InChI is InChI=1S/C12H18O3S/c1-12(2,11(13)14)6-8-15-7-5-10-4-3-9-16-10/h3-4,9H,5-8H2,1-2H3,(H,13,14). The minimum atomic E-state index is -0.769. The molecule has 0 bridgehead atoms. The molecular weight excluding hydrogens is 224 g/mol. The zero-order valence-corrected chi connectivity index (χ0v) is 10.5. The van der Waals surface area contributed by atoms with Crippen molar-refractivity contribution in [3.8, 4) is 0 Å². The number of carbonyl (C=O) groups is 1. The first-order valence-corrected chi connectivity index (χ1v) is 6.24. The molecule has 0 spiro atoms. The van der Waals surface area contributed by atoms with Crippen LogP contribution in [-0.4, -0.2) is 24.3 Å². The Hall–Kier alpha value is -0.870. The average Bonchev–Trinajstić information content (AvgIpc) is 2.69. The third-order valence-electron chi connectivity index (χ3n) is 2.52. The summed E-state index contributed by atoms with van der Waals surface area (Å²) in [6, 6.07) is 4.10. The fraction of sp³-hybridized carbons (Fsp3) is 0.583. The molecular formula is C12H18O3S. The third-order valence-corrected chi connectivity index (χ3v) is 3.46. The van der Waals surface area contributed by atoms with Crippen LogP contribution in [-0.2, 0) is 16.0 Å². The van der Waals surface area contributed by atoms with Crippen molar-refractivity contribution in [2.24, 2.45) is 5.41 Å². The van der Waals surface area contributed by atoms with E-state index in [1.807, 2.05) is 11.4 Å². The molecule has 0 fully saturated rings. The van der Waals surface area contributed by atoms with E-state index in [2.05, 4.69) is 6.07 Å². The largest absolute Gasteiger partial charge is 0.481 e. The van der Waals surface area contributed by atoms with Crippen LogP contribution < -0.4 is 0 Å². The molecule has 1 N–H and O–H groups in total. The van der Waals surface area contributed by atoms with Crippen LogP contribution in [0.5, 0.6) is 0 Å². The van der Waals surface area contributed by atoms with Gasteiger partial charge in [0.05, 0.1) is 12.0 Å². The lowest BCUT2D eigenvalue weighted by Gasteiger charge is -2.18. The van der Waals surface area contributed by atoms with Crippen LogP contribution in [0.4, 0.5) is 0 Å². The van der Waals surface area contributed by atoms with Crippen LogP contribution in [0.2, 0.25) is 0 Å². The molecule has 0 aliphatic carbocycles. The molecule has 16 heavy (non-hydrogen) atoms. The second kappa shape index (κ2) is 6.01. The smallest absolute Gasteiger partial charge is 0.309 e. The van der Waals surface area contributed by atoms with Gasteiger partial charge in [-0.2, -0.15) is 0 Å². The Kier molecular flexibility index (Phi) is 4.96. The molecule has 90 valence electrons. The summed E-state index contributed by atoms with van der Waals surface area (Å²) < 4.78 is 5.44. The predicted octanol–water partition coefficient (Wildman–Crippen LogP) is 2.81. The van der Waals surface area contributed by atoms with E-state index in [-0.39, 0.29) is 0 Å². The molecule has 0 saturated carbocycles. The molecule has 0 aliphatic rings. The number of carboxylic acids is 1. The highest BCUT2D eigenvalue weighted by Crippen LogP contribution is 2.20. The Morgan fingerprint density at radius 2 is 2.25 bits per heavy atom. The van der Waals surface area contributed by atoms with Gasteiger partial charge in [0.25, 0.3) is 0 Å². The SMILES string of the molecule is CC(C)(CCOCCc1cccs1)C(=O)O. The zero-order valence-electron chi connectivity index (χ0n) is 9.73. The molecule has 0 aliphatic heterocycles. The van der Waals surface area contributed by atoms with Crippen molar-refractivity contribution in [3.63, 3.8) is 0 Å². The van der Waals surface area contributed by atoms with Crippen molar-refractivity contribution in [2.75, 3.05) is 13.2 Å². The molecule has 1 aromatic rings. The number of hydrogen-bond acceptors (Lipinski definition) is 3. The molecule has 4 heteroatoms. The lowest BCUT2D eigenvalue weighted by atomic mass is 9.90. The van der Waals surface area contributed by atoms with Gasteiger partial charge in [0.1, 0.15) is 0 Å². The van der Waals surface area contributed by atoms with Gasteiger partial charge in [0.15, 0.2) is 0 Å². The minimum Gasteiger partial charge on any atom is -0.481 e. The van der Waals surface area contributed by atoms with Gasteiger partial charge in [-0.05, 0) is 31.7 Å². The van der Waals surface area contributed by atoms with E-state index < -0.39 is 11.4 Å². The molecule has 0 amide bonds. The number of thiophene rings is 1. The normalized spacial score (nSPS) is 11.6. The van der Waals surface area contributed by atoms with Gasteiger partial charge in [0.2, 0.25) is 0 Å². The Balaban J connectivity index is 2.10. The van der Waals surface area contributed by atoms with Crippen LogP contribution in [0.3, 0.4) is 0 Å². The van der Waals surface area contributed by atoms with E-state index in [1.165, 1.54) is 4.88 Å². The lowest BCUT2D eigenvalue weighted by molar-refractivity contribution is -0.148. The Morgan fingerprint density at radius 3 is 2.81 bits per heavy atom. The van der Waals surface area contributed by atoms with Crippen LogP contribution >= 0.6 is 11.3 Å². The summed E-state index contributed by atoms with van der Waals surface area (Å²) in [5, 5.41) is 10.9. The quantitative estimate of drug-likeness (QED) is 0.748. The van der Waals surface area contributed by atoms with Gasteiger partial charge in [-0.25, -0.2) is 0 Å². The van der Waals surface area contributed by atoms with Crippen LogP contribution in [0.1, 0.15) is 25.1 Å². The van der Waals surface area contributed by atoms with E-state index in [1.54, 1.807) is 25.2 Å². The highest BCUT2D eigenvalue weighted by Gasteiger charge is 2.26. The molecule has 0 atom stereocenters. The molecule has 1 rings (SSSR count). The van der Waals surface area contributed by atoms with Crippen LogP contribution in [0.25, 0.3) is 0 Å². The van der Waals surface area contributed by atoms with Crippen molar-refractivity contribution < 1.29 is 14.6 Å². The van der Waals surface area contributed by atoms with Crippen LogP contribution in [0, 0.1) is 5.41 Å². The first kappa shape index (κ1) is 13.2. The molecule has 0 saturated heterocycles. The molecule has 1 aromatic heterocycles. The Labute approximate surface area is 100 Å². The molecule has 0 aromatic carbocycles. The number of rotatable bonds is 7. The van der Waals surface area contributed by atoms with Crippen molar-refractivity contribution in [1.29, 1.82) is 0 Å². The summed E-state index contributed by atoms with van der Waals surface area (Å²) >= 11 is 1.72. The Morgan fingerprint density at radius 1 is 1.50 bits per heavy atom. The number of aliphatic carboxylic acids is 1. The fourth-order valence-electron chi connectivity index (χ4n) is 1.16. The van der Waals surface area contributed by atoms with Crippen molar-refractivity contribution in [2.45, 2.75) is 26.7 Å². The molecule has 1 heterocycles. The lowest BCUT2D eigenvalue weighted by Crippen LogP contribution is -2.25. The number of hydrogen-bond donors (Lipinski definition) is 1. The van der Waals surface area contributed by atoms with Crippen LogP contribution in [0.15, 0.2) is 17.5 Å². The van der Waals surface area contributed by atoms with Crippen molar-refractivity contribution in [3.05, 3.63) is 22.4 Å². The fourth-order valence-corrected chi connectivity index (χ4v) is 1.85. The predicted molar refractivity (Wildman–Crippen MR) is 64.9 cm³/mol. The van der Waals surface area contributed by atoms with Gasteiger partial charge in [-0.3, -0.25) is 4.79 Å². The maximum absolute atomic E-state index is 10.8. The second-order valence-electron chi connectivity index (χ2n) is 4.38. The topological polar surface area (TPSA) is 46.5 Å². The summed E-state index contributed by atoms with van der Waals surface area (Å²) in [7, 11) is 0. The maximum Gasteiger partial charge on any atom is 0.309 e. The first-order chi connectivity index (χ1) is 7.52. The van der Waals surface area contributed by atoms with Crippen molar-refractivity contribution in [1.82, 2.24) is 0 Å². The van der Waals surface area contributed by atoms with Crippen molar-refractivity contribution >= 4 is 17.3 Å². The summed E-state index contributed by atoms with van der Waals surface area (Å²) in [5.41, 5.74) is -0.692.